The molecule has 0 spiro atoms. The Morgan fingerprint density at radius 3 is 3.06 bits per heavy atom. The Bertz CT molecular complexity index is 546. The molecule has 0 radical (unpaired) electrons. The van der Waals surface area contributed by atoms with Crippen molar-refractivity contribution in [1.29, 1.82) is 0 Å². The molecule has 0 amide bonds. The monoisotopic (exact) mass is 312 g/mol. The van der Waals surface area contributed by atoms with Gasteiger partial charge in [0, 0.05) is 38.1 Å². The number of halogens is 1. The van der Waals surface area contributed by atoms with E-state index in [0.717, 1.165) is 8.75 Å². The van der Waals surface area contributed by atoms with Gasteiger partial charge in [0.05, 0.1) is 15.5 Å². The van der Waals surface area contributed by atoms with Gasteiger partial charge in [-0.25, -0.2) is 4.98 Å². The summed E-state index contributed by atoms with van der Waals surface area (Å²) in [5.41, 5.74) is 1.24. The Balaban J connectivity index is 1.65. The van der Waals surface area contributed by atoms with E-state index >= 15 is 0 Å². The number of aromatic nitrogens is 2. The second-order valence-electron chi connectivity index (χ2n) is 4.90. The molecule has 2 saturated heterocycles. The Morgan fingerprint density at radius 2 is 2.29 bits per heavy atom. The summed E-state index contributed by atoms with van der Waals surface area (Å²) in [5.74, 6) is 0. The summed E-state index contributed by atoms with van der Waals surface area (Å²) in [6, 6.07) is 1.26. The fourth-order valence-electron chi connectivity index (χ4n) is 2.83. The van der Waals surface area contributed by atoms with E-state index in [1.165, 1.54) is 25.3 Å². The maximum atomic E-state index is 4.74. The van der Waals surface area contributed by atoms with Crippen LogP contribution in [0.2, 0.25) is 0 Å². The smallest absolute Gasteiger partial charge is 0.195 e. The van der Waals surface area contributed by atoms with Crippen LogP contribution >= 0.6 is 27.3 Å². The minimum Gasteiger partial charge on any atom is -0.303 e. The zero-order valence-electron chi connectivity index (χ0n) is 9.51. The molecule has 4 nitrogen and oxygen atoms in total. The molecule has 2 aliphatic heterocycles. The third kappa shape index (κ3) is 1.58. The van der Waals surface area contributed by atoms with Crippen LogP contribution in [0.4, 0.5) is 0 Å². The topological polar surface area (TPSA) is 23.6 Å². The van der Waals surface area contributed by atoms with Crippen molar-refractivity contribution in [2.24, 2.45) is 0 Å². The predicted molar refractivity (Wildman–Crippen MR) is 71.5 cm³/mol. The van der Waals surface area contributed by atoms with E-state index in [0.29, 0.717) is 12.1 Å². The molecule has 0 aliphatic carbocycles. The van der Waals surface area contributed by atoms with E-state index in [9.17, 15) is 0 Å². The molecule has 6 heteroatoms. The van der Waals surface area contributed by atoms with E-state index in [4.69, 9.17) is 4.98 Å². The number of thiazole rings is 1. The highest BCUT2D eigenvalue weighted by molar-refractivity contribution is 9.11. The van der Waals surface area contributed by atoms with Crippen LogP contribution in [0.25, 0.3) is 4.96 Å². The van der Waals surface area contributed by atoms with E-state index in [-0.39, 0.29) is 0 Å². The highest BCUT2D eigenvalue weighted by atomic mass is 79.9. The van der Waals surface area contributed by atoms with Crippen LogP contribution in [-0.2, 0) is 0 Å². The van der Waals surface area contributed by atoms with Gasteiger partial charge in [0.1, 0.15) is 0 Å². The second kappa shape index (κ2) is 3.54. The van der Waals surface area contributed by atoms with Gasteiger partial charge in [-0.05, 0) is 23.0 Å². The summed E-state index contributed by atoms with van der Waals surface area (Å²) in [6.07, 6.45) is 4.27. The average molecular weight is 313 g/mol. The second-order valence-corrected chi connectivity index (χ2v) is 7.29. The number of hydrogen-bond donors (Lipinski definition) is 0. The summed E-state index contributed by atoms with van der Waals surface area (Å²) in [5, 5.41) is 0. The molecule has 0 aromatic carbocycles. The van der Waals surface area contributed by atoms with Crippen LogP contribution in [0.15, 0.2) is 16.2 Å². The molecule has 2 fully saturated rings. The highest BCUT2D eigenvalue weighted by Gasteiger charge is 2.51. The third-order valence-corrected chi connectivity index (χ3v) is 5.22. The van der Waals surface area contributed by atoms with Gasteiger partial charge in [-0.2, -0.15) is 0 Å². The Morgan fingerprint density at radius 1 is 1.41 bits per heavy atom. The number of hydrogen-bond acceptors (Lipinski definition) is 4. The molecule has 0 N–H and O–H groups in total. The number of rotatable bonds is 1. The molecule has 0 saturated carbocycles. The SMILES string of the molecule is CN1CCN2C(C1)C2c1cn2cc(Br)sc2n1. The lowest BCUT2D eigenvalue weighted by Crippen LogP contribution is -2.35. The van der Waals surface area contributed by atoms with Crippen LogP contribution in [-0.4, -0.2) is 51.9 Å². The van der Waals surface area contributed by atoms with Crippen molar-refractivity contribution in [3.8, 4) is 0 Å². The van der Waals surface area contributed by atoms with Gasteiger partial charge >= 0.3 is 0 Å². The Kier molecular flexibility index (Phi) is 2.18. The molecule has 2 aromatic rings. The molecule has 4 heterocycles. The number of imidazole rings is 1. The van der Waals surface area contributed by atoms with Crippen LogP contribution in [0, 0.1) is 0 Å². The number of piperazine rings is 1. The first-order valence-corrected chi connectivity index (χ1v) is 7.41. The Hall–Kier alpha value is -0.430. The molecule has 2 aromatic heterocycles. The molecular formula is C11H13BrN4S. The maximum Gasteiger partial charge on any atom is 0.195 e. The normalized spacial score (nSPS) is 32.9. The highest BCUT2D eigenvalue weighted by Crippen LogP contribution is 2.44. The lowest BCUT2D eigenvalue weighted by Gasteiger charge is -2.21. The number of likely N-dealkylation sites (N-methyl/N-ethyl adjacent to an activating group) is 1. The largest absolute Gasteiger partial charge is 0.303 e. The van der Waals surface area contributed by atoms with Gasteiger partial charge in [0.15, 0.2) is 4.96 Å². The van der Waals surface area contributed by atoms with Gasteiger partial charge in [0.25, 0.3) is 0 Å². The van der Waals surface area contributed by atoms with Crippen molar-refractivity contribution in [2.45, 2.75) is 12.1 Å². The van der Waals surface area contributed by atoms with Gasteiger partial charge in [-0.3, -0.25) is 9.30 Å². The van der Waals surface area contributed by atoms with Crippen LogP contribution in [0.5, 0.6) is 0 Å². The predicted octanol–water partition coefficient (Wildman–Crippen LogP) is 1.83. The van der Waals surface area contributed by atoms with Crippen LogP contribution < -0.4 is 0 Å². The van der Waals surface area contributed by atoms with Crippen LogP contribution in [0.3, 0.4) is 0 Å². The standard InChI is InChI=1S/C11H13BrN4S/c1-14-2-3-16-8(5-14)10(16)7-4-15-6-9(12)17-11(15)13-7/h4,6,8,10H,2-3,5H2,1H3. The van der Waals surface area contributed by atoms with E-state index in [1.807, 2.05) is 0 Å². The van der Waals surface area contributed by atoms with E-state index < -0.39 is 0 Å². The quantitative estimate of drug-likeness (QED) is 0.751. The van der Waals surface area contributed by atoms with Crippen molar-refractivity contribution in [3.63, 3.8) is 0 Å². The third-order valence-electron chi connectivity index (χ3n) is 3.75. The summed E-state index contributed by atoms with van der Waals surface area (Å²) in [6.45, 7) is 3.54. The van der Waals surface area contributed by atoms with Crippen molar-refractivity contribution < 1.29 is 0 Å². The molecule has 3 unspecified atom stereocenters. The van der Waals surface area contributed by atoms with Gasteiger partial charge < -0.3 is 4.90 Å². The summed E-state index contributed by atoms with van der Waals surface area (Å²) in [7, 11) is 2.20. The minimum atomic E-state index is 0.561. The fourth-order valence-corrected chi connectivity index (χ4v) is 4.19. The molecular weight excluding hydrogens is 300 g/mol. The van der Waals surface area contributed by atoms with Crippen LogP contribution in [0.1, 0.15) is 11.7 Å². The average Bonchev–Trinajstić information content (AvgIpc) is 2.67. The summed E-state index contributed by atoms with van der Waals surface area (Å²) >= 11 is 5.18. The molecule has 2 aliphatic rings. The summed E-state index contributed by atoms with van der Waals surface area (Å²) in [4.78, 5) is 10.8. The van der Waals surface area contributed by atoms with Crippen molar-refractivity contribution in [2.75, 3.05) is 26.7 Å². The maximum absolute atomic E-state index is 4.74. The minimum absolute atomic E-state index is 0.561. The molecule has 4 rings (SSSR count). The molecule has 0 bridgehead atoms. The van der Waals surface area contributed by atoms with Gasteiger partial charge in [-0.1, -0.05) is 11.3 Å². The summed E-state index contributed by atoms with van der Waals surface area (Å²) < 4.78 is 3.26. The fraction of sp³-hybridized carbons (Fsp3) is 0.545. The van der Waals surface area contributed by atoms with E-state index in [2.05, 4.69) is 49.6 Å². The lowest BCUT2D eigenvalue weighted by atomic mass is 10.2. The van der Waals surface area contributed by atoms with Gasteiger partial charge in [0.2, 0.25) is 0 Å². The zero-order valence-corrected chi connectivity index (χ0v) is 11.9. The Labute approximate surface area is 112 Å². The van der Waals surface area contributed by atoms with Crippen molar-refractivity contribution in [3.05, 3.63) is 21.9 Å². The number of fused-ring (bicyclic) bond motifs is 2. The number of nitrogens with zero attached hydrogens (tertiary/aromatic N) is 4. The first-order valence-electron chi connectivity index (χ1n) is 5.80. The first kappa shape index (κ1) is 10.5. The van der Waals surface area contributed by atoms with Crippen molar-refractivity contribution >= 4 is 32.2 Å². The van der Waals surface area contributed by atoms with Gasteiger partial charge in [-0.15, -0.1) is 0 Å². The van der Waals surface area contributed by atoms with Crippen molar-refractivity contribution in [1.82, 2.24) is 19.2 Å². The first-order chi connectivity index (χ1) is 8.22. The lowest BCUT2D eigenvalue weighted by molar-refractivity contribution is 0.249. The van der Waals surface area contributed by atoms with E-state index in [1.54, 1.807) is 11.3 Å². The molecule has 3 atom stereocenters. The molecule has 90 valence electrons. The zero-order chi connectivity index (χ0) is 11.6. The molecule has 17 heavy (non-hydrogen) atoms.